The molecule has 0 aromatic heterocycles. The lowest BCUT2D eigenvalue weighted by Crippen LogP contribution is -2.49. The third-order valence-corrected chi connectivity index (χ3v) is 5.82. The van der Waals surface area contributed by atoms with Gasteiger partial charge in [0.15, 0.2) is 16.6 Å². The number of carbonyl (C=O) groups excluding carboxylic acids is 1. The summed E-state index contributed by atoms with van der Waals surface area (Å²) in [6.07, 6.45) is 0.837. The molecule has 0 spiro atoms. The van der Waals surface area contributed by atoms with E-state index >= 15 is 0 Å². The van der Waals surface area contributed by atoms with Crippen molar-refractivity contribution in [1.82, 2.24) is 15.5 Å². The van der Waals surface area contributed by atoms with Crippen LogP contribution in [0.2, 0.25) is 0 Å². The predicted octanol–water partition coefficient (Wildman–Crippen LogP) is 3.24. The van der Waals surface area contributed by atoms with Crippen LogP contribution in [-0.4, -0.2) is 49.8 Å². The average molecular weight is 428 g/mol. The van der Waals surface area contributed by atoms with Gasteiger partial charge in [0.05, 0.1) is 20.3 Å². The maximum atomic E-state index is 12.8. The SMILES string of the molecule is CCNC(=S)N1CCc2cc(OC)c(OC)cc2[C@H]1CNC(=O)c1ccccc1C. The molecule has 2 aromatic carbocycles. The molecule has 3 rings (SSSR count). The highest BCUT2D eigenvalue weighted by Crippen LogP contribution is 2.38. The first-order valence-electron chi connectivity index (χ1n) is 10.1. The number of benzene rings is 2. The number of hydrogen-bond donors (Lipinski definition) is 2. The first-order valence-corrected chi connectivity index (χ1v) is 10.5. The van der Waals surface area contributed by atoms with Crippen molar-refractivity contribution in [1.29, 1.82) is 0 Å². The molecule has 2 aromatic rings. The van der Waals surface area contributed by atoms with Gasteiger partial charge in [0, 0.05) is 25.2 Å². The maximum Gasteiger partial charge on any atom is 0.251 e. The zero-order valence-corrected chi connectivity index (χ0v) is 18.8. The van der Waals surface area contributed by atoms with Crippen LogP contribution in [0.25, 0.3) is 0 Å². The standard InChI is InChI=1S/C23H29N3O3S/c1-5-24-23(30)26-11-10-16-12-20(28-3)21(29-4)13-18(16)19(26)14-25-22(27)17-9-7-6-8-15(17)2/h6-9,12-13,19H,5,10-11,14H2,1-4H3,(H,24,30)(H,25,27)/t19-/m1/s1. The first kappa shape index (κ1) is 21.9. The van der Waals surface area contributed by atoms with Crippen molar-refractivity contribution in [2.24, 2.45) is 0 Å². The minimum absolute atomic E-state index is 0.0879. The number of nitrogens with zero attached hydrogens (tertiary/aromatic N) is 1. The Morgan fingerprint density at radius 3 is 2.53 bits per heavy atom. The predicted molar refractivity (Wildman–Crippen MR) is 122 cm³/mol. The molecule has 1 heterocycles. The van der Waals surface area contributed by atoms with Crippen molar-refractivity contribution in [3.05, 3.63) is 58.7 Å². The molecule has 0 unspecified atom stereocenters. The fourth-order valence-electron chi connectivity index (χ4n) is 3.86. The van der Waals surface area contributed by atoms with E-state index < -0.39 is 0 Å². The molecule has 0 radical (unpaired) electrons. The summed E-state index contributed by atoms with van der Waals surface area (Å²) in [5, 5.41) is 7.04. The fraction of sp³-hybridized carbons (Fsp3) is 0.391. The minimum Gasteiger partial charge on any atom is -0.493 e. The van der Waals surface area contributed by atoms with Gasteiger partial charge in [0.1, 0.15) is 0 Å². The van der Waals surface area contributed by atoms with Gasteiger partial charge in [-0.25, -0.2) is 0 Å². The smallest absolute Gasteiger partial charge is 0.251 e. The molecule has 1 amide bonds. The summed E-state index contributed by atoms with van der Waals surface area (Å²) < 4.78 is 11.0. The molecule has 0 aliphatic carbocycles. The van der Waals surface area contributed by atoms with Crippen molar-refractivity contribution >= 4 is 23.2 Å². The summed E-state index contributed by atoms with van der Waals surface area (Å²) in [6, 6.07) is 11.5. The van der Waals surface area contributed by atoms with Crippen molar-refractivity contribution in [2.45, 2.75) is 26.3 Å². The largest absolute Gasteiger partial charge is 0.493 e. The Balaban J connectivity index is 1.91. The second-order valence-electron chi connectivity index (χ2n) is 7.23. The Hall–Kier alpha value is -2.80. The number of hydrogen-bond acceptors (Lipinski definition) is 4. The lowest BCUT2D eigenvalue weighted by Gasteiger charge is -2.39. The minimum atomic E-state index is -0.104. The Morgan fingerprint density at radius 1 is 1.17 bits per heavy atom. The average Bonchev–Trinajstić information content (AvgIpc) is 2.76. The zero-order valence-electron chi connectivity index (χ0n) is 18.0. The van der Waals surface area contributed by atoms with E-state index in [2.05, 4.69) is 15.5 Å². The van der Waals surface area contributed by atoms with E-state index in [1.54, 1.807) is 14.2 Å². The van der Waals surface area contributed by atoms with Crippen molar-refractivity contribution < 1.29 is 14.3 Å². The molecule has 2 N–H and O–H groups in total. The highest BCUT2D eigenvalue weighted by atomic mass is 32.1. The van der Waals surface area contributed by atoms with E-state index in [0.717, 1.165) is 30.6 Å². The van der Waals surface area contributed by atoms with Gasteiger partial charge in [0.25, 0.3) is 5.91 Å². The third-order valence-electron chi connectivity index (χ3n) is 5.44. The Labute approximate surface area is 183 Å². The van der Waals surface area contributed by atoms with Crippen LogP contribution in [0.5, 0.6) is 11.5 Å². The van der Waals surface area contributed by atoms with E-state index in [9.17, 15) is 4.79 Å². The van der Waals surface area contributed by atoms with Gasteiger partial charge in [-0.3, -0.25) is 4.79 Å². The summed E-state index contributed by atoms with van der Waals surface area (Å²) in [7, 11) is 3.27. The van der Waals surface area contributed by atoms with E-state index in [1.807, 2.05) is 50.2 Å². The molecule has 6 nitrogen and oxygen atoms in total. The van der Waals surface area contributed by atoms with Crippen LogP contribution in [0.3, 0.4) is 0 Å². The molecular formula is C23H29N3O3S. The molecule has 30 heavy (non-hydrogen) atoms. The number of ether oxygens (including phenoxy) is 2. The summed E-state index contributed by atoms with van der Waals surface area (Å²) in [5.41, 5.74) is 3.90. The molecule has 1 aliphatic rings. The van der Waals surface area contributed by atoms with Crippen molar-refractivity contribution in [3.8, 4) is 11.5 Å². The van der Waals surface area contributed by atoms with Gasteiger partial charge in [0.2, 0.25) is 0 Å². The van der Waals surface area contributed by atoms with Crippen LogP contribution in [-0.2, 0) is 6.42 Å². The number of fused-ring (bicyclic) bond motifs is 1. The second kappa shape index (κ2) is 9.80. The fourth-order valence-corrected chi connectivity index (χ4v) is 4.22. The molecule has 0 bridgehead atoms. The topological polar surface area (TPSA) is 62.8 Å². The summed E-state index contributed by atoms with van der Waals surface area (Å²) in [5.74, 6) is 1.29. The van der Waals surface area contributed by atoms with E-state index in [1.165, 1.54) is 5.56 Å². The van der Waals surface area contributed by atoms with Gasteiger partial charge >= 0.3 is 0 Å². The zero-order chi connectivity index (χ0) is 21.7. The van der Waals surface area contributed by atoms with Gasteiger partial charge in [-0.2, -0.15) is 0 Å². The lowest BCUT2D eigenvalue weighted by molar-refractivity contribution is 0.0941. The monoisotopic (exact) mass is 427 g/mol. The Bertz CT molecular complexity index is 932. The molecule has 1 aliphatic heterocycles. The number of aryl methyl sites for hydroxylation is 1. The first-order chi connectivity index (χ1) is 14.5. The lowest BCUT2D eigenvalue weighted by atomic mass is 9.91. The van der Waals surface area contributed by atoms with Gasteiger partial charge in [-0.15, -0.1) is 0 Å². The summed E-state index contributed by atoms with van der Waals surface area (Å²) >= 11 is 5.63. The Kier molecular flexibility index (Phi) is 7.15. The Morgan fingerprint density at radius 2 is 1.87 bits per heavy atom. The molecule has 7 heteroatoms. The summed E-state index contributed by atoms with van der Waals surface area (Å²) in [6.45, 7) is 5.90. The van der Waals surface area contributed by atoms with Crippen molar-refractivity contribution in [3.63, 3.8) is 0 Å². The van der Waals surface area contributed by atoms with Gasteiger partial charge in [-0.1, -0.05) is 18.2 Å². The summed E-state index contributed by atoms with van der Waals surface area (Å²) in [4.78, 5) is 15.0. The van der Waals surface area contributed by atoms with E-state index in [4.69, 9.17) is 21.7 Å². The van der Waals surface area contributed by atoms with Crippen LogP contribution in [0.4, 0.5) is 0 Å². The third kappa shape index (κ3) is 4.51. The van der Waals surface area contributed by atoms with Gasteiger partial charge in [-0.05, 0) is 67.4 Å². The second-order valence-corrected chi connectivity index (χ2v) is 7.61. The van der Waals surface area contributed by atoms with Crippen LogP contribution >= 0.6 is 12.2 Å². The molecule has 160 valence electrons. The van der Waals surface area contributed by atoms with E-state index in [0.29, 0.717) is 28.7 Å². The number of rotatable bonds is 6. The maximum absolute atomic E-state index is 12.8. The number of amides is 1. The van der Waals surface area contributed by atoms with Crippen LogP contribution < -0.4 is 20.1 Å². The molecule has 0 saturated carbocycles. The highest BCUT2D eigenvalue weighted by molar-refractivity contribution is 7.80. The van der Waals surface area contributed by atoms with Crippen LogP contribution in [0, 0.1) is 6.92 Å². The number of thiocarbonyl (C=S) groups is 1. The highest BCUT2D eigenvalue weighted by Gasteiger charge is 2.31. The molecule has 1 atom stereocenters. The number of nitrogens with one attached hydrogen (secondary N) is 2. The quantitative estimate of drug-likeness (QED) is 0.690. The number of methoxy groups -OCH3 is 2. The number of carbonyl (C=O) groups is 1. The van der Waals surface area contributed by atoms with Crippen LogP contribution in [0.15, 0.2) is 36.4 Å². The molecule has 0 fully saturated rings. The van der Waals surface area contributed by atoms with Crippen molar-refractivity contribution in [2.75, 3.05) is 33.9 Å². The van der Waals surface area contributed by atoms with Gasteiger partial charge < -0.3 is 25.0 Å². The van der Waals surface area contributed by atoms with E-state index in [-0.39, 0.29) is 11.9 Å². The molecular weight excluding hydrogens is 398 g/mol. The van der Waals surface area contributed by atoms with Crippen LogP contribution in [0.1, 0.15) is 40.0 Å². The normalized spacial score (nSPS) is 15.2. The molecule has 0 saturated heterocycles.